The fraction of sp³-hybridized carbons (Fsp3) is 0.650. The third-order valence-corrected chi connectivity index (χ3v) is 5.03. The minimum absolute atomic E-state index is 0. The highest BCUT2D eigenvalue weighted by atomic mass is 127. The molecule has 9 heteroatoms. The number of hydrogen-bond donors (Lipinski definition) is 2. The molecule has 29 heavy (non-hydrogen) atoms. The first-order valence-corrected chi connectivity index (χ1v) is 9.51. The van der Waals surface area contributed by atoms with Crippen molar-refractivity contribution in [2.45, 2.75) is 25.9 Å². The van der Waals surface area contributed by atoms with E-state index in [0.29, 0.717) is 23.8 Å². The molecule has 0 aliphatic carbocycles. The van der Waals surface area contributed by atoms with Gasteiger partial charge in [0.2, 0.25) is 0 Å². The molecule has 0 amide bonds. The van der Waals surface area contributed by atoms with Crippen molar-refractivity contribution in [3.05, 3.63) is 17.7 Å². The third-order valence-electron chi connectivity index (χ3n) is 5.03. The average Bonchev–Trinajstić information content (AvgIpc) is 2.73. The predicted molar refractivity (Wildman–Crippen MR) is 126 cm³/mol. The van der Waals surface area contributed by atoms with Crippen molar-refractivity contribution in [3.63, 3.8) is 0 Å². The van der Waals surface area contributed by atoms with Crippen molar-refractivity contribution in [2.75, 3.05) is 61.2 Å². The second kappa shape index (κ2) is 12.3. The second-order valence-corrected chi connectivity index (χ2v) is 7.20. The molecule has 0 spiro atoms. The van der Waals surface area contributed by atoms with Crippen LogP contribution in [-0.4, -0.2) is 77.6 Å². The summed E-state index contributed by atoms with van der Waals surface area (Å²) in [6, 6.07) is 3.69. The van der Waals surface area contributed by atoms with Crippen LogP contribution in [0.4, 0.5) is 0 Å². The van der Waals surface area contributed by atoms with Gasteiger partial charge >= 0.3 is 0 Å². The van der Waals surface area contributed by atoms with Crippen molar-refractivity contribution < 1.29 is 18.9 Å². The fourth-order valence-electron chi connectivity index (χ4n) is 3.23. The summed E-state index contributed by atoms with van der Waals surface area (Å²) in [7, 11) is 6.65. The van der Waals surface area contributed by atoms with Gasteiger partial charge in [0, 0.05) is 44.4 Å². The summed E-state index contributed by atoms with van der Waals surface area (Å²) in [6.07, 6.45) is 0. The number of ether oxygens (including phenoxy) is 4. The lowest BCUT2D eigenvalue weighted by Gasteiger charge is -2.41. The van der Waals surface area contributed by atoms with Gasteiger partial charge in [0.1, 0.15) is 17.2 Å². The molecule has 0 unspecified atom stereocenters. The zero-order valence-electron chi connectivity index (χ0n) is 18.3. The molecular formula is C20H35IN4O4. The van der Waals surface area contributed by atoms with Crippen LogP contribution < -0.4 is 24.8 Å². The van der Waals surface area contributed by atoms with Crippen LogP contribution >= 0.6 is 24.0 Å². The topological polar surface area (TPSA) is 76.6 Å². The van der Waals surface area contributed by atoms with Gasteiger partial charge in [-0.15, -0.1) is 24.0 Å². The van der Waals surface area contributed by atoms with Gasteiger partial charge in [-0.1, -0.05) is 0 Å². The Morgan fingerprint density at radius 2 is 1.66 bits per heavy atom. The number of aliphatic imine (C=N–C) groups is 1. The summed E-state index contributed by atoms with van der Waals surface area (Å²) in [6.45, 7) is 9.20. The highest BCUT2D eigenvalue weighted by Gasteiger charge is 2.28. The van der Waals surface area contributed by atoms with Crippen LogP contribution in [0, 0.1) is 0 Å². The zero-order valence-corrected chi connectivity index (χ0v) is 20.7. The van der Waals surface area contributed by atoms with E-state index in [4.69, 9.17) is 18.9 Å². The van der Waals surface area contributed by atoms with E-state index in [1.165, 1.54) is 0 Å². The Kier molecular flexibility index (Phi) is 10.8. The lowest BCUT2D eigenvalue weighted by molar-refractivity contribution is -0.00834. The highest BCUT2D eigenvalue weighted by Crippen LogP contribution is 2.33. The fourth-order valence-corrected chi connectivity index (χ4v) is 3.23. The number of morpholine rings is 1. The van der Waals surface area contributed by atoms with Crippen molar-refractivity contribution in [1.82, 2.24) is 15.5 Å². The van der Waals surface area contributed by atoms with E-state index in [0.717, 1.165) is 44.4 Å². The smallest absolute Gasteiger partial charge is 0.191 e. The molecule has 1 heterocycles. The molecule has 1 saturated heterocycles. The van der Waals surface area contributed by atoms with Crippen molar-refractivity contribution >= 4 is 29.9 Å². The summed E-state index contributed by atoms with van der Waals surface area (Å²) >= 11 is 0. The number of benzene rings is 1. The molecule has 1 aromatic carbocycles. The average molecular weight is 522 g/mol. The molecule has 0 atom stereocenters. The number of rotatable bonds is 8. The zero-order chi connectivity index (χ0) is 20.6. The van der Waals surface area contributed by atoms with Gasteiger partial charge in [0.05, 0.1) is 46.7 Å². The van der Waals surface area contributed by atoms with E-state index in [1.54, 1.807) is 28.4 Å². The molecule has 2 N–H and O–H groups in total. The quantitative estimate of drug-likeness (QED) is 0.308. The van der Waals surface area contributed by atoms with Crippen LogP contribution in [0.15, 0.2) is 17.1 Å². The maximum atomic E-state index is 5.51. The molecule has 166 valence electrons. The van der Waals surface area contributed by atoms with Crippen LogP contribution in [0.2, 0.25) is 0 Å². The van der Waals surface area contributed by atoms with Crippen LogP contribution in [-0.2, 0) is 11.3 Å². The first-order valence-electron chi connectivity index (χ1n) is 9.51. The monoisotopic (exact) mass is 522 g/mol. The number of nitrogens with zero attached hydrogens (tertiary/aromatic N) is 2. The Labute approximate surface area is 191 Å². The van der Waals surface area contributed by atoms with Crippen LogP contribution in [0.5, 0.6) is 17.2 Å². The molecule has 1 aliphatic rings. The van der Waals surface area contributed by atoms with E-state index in [9.17, 15) is 0 Å². The standard InChI is InChI=1S/C20H34N4O4.HI/c1-20(2,24-7-9-28-10-8-24)14-23-19(21-3)22-13-16-17(26-5)11-15(25-4)12-18(16)27-6;/h11-12H,7-10,13-14H2,1-6H3,(H2,21,22,23);1H. The summed E-state index contributed by atoms with van der Waals surface area (Å²) < 4.78 is 21.8. The van der Waals surface area contributed by atoms with Crippen LogP contribution in [0.1, 0.15) is 19.4 Å². The maximum Gasteiger partial charge on any atom is 0.191 e. The normalized spacial score (nSPS) is 15.3. The van der Waals surface area contributed by atoms with Crippen molar-refractivity contribution in [1.29, 1.82) is 0 Å². The van der Waals surface area contributed by atoms with Gasteiger partial charge < -0.3 is 29.6 Å². The third kappa shape index (κ3) is 7.07. The first-order chi connectivity index (χ1) is 13.4. The van der Waals surface area contributed by atoms with E-state index < -0.39 is 0 Å². The van der Waals surface area contributed by atoms with E-state index in [1.807, 2.05) is 12.1 Å². The van der Waals surface area contributed by atoms with Gasteiger partial charge in [0.25, 0.3) is 0 Å². The molecule has 1 aliphatic heterocycles. The summed E-state index contributed by atoms with van der Waals surface area (Å²) in [4.78, 5) is 6.78. The van der Waals surface area contributed by atoms with Crippen LogP contribution in [0.3, 0.4) is 0 Å². The summed E-state index contributed by atoms with van der Waals surface area (Å²) in [5.41, 5.74) is 0.901. The summed E-state index contributed by atoms with van der Waals surface area (Å²) in [5.74, 6) is 2.81. The lowest BCUT2D eigenvalue weighted by Crippen LogP contribution is -2.56. The molecule has 8 nitrogen and oxygen atoms in total. The Balaban J connectivity index is 0.00000420. The molecule has 1 fully saturated rings. The molecule has 0 radical (unpaired) electrons. The van der Waals surface area contributed by atoms with Gasteiger partial charge in [-0.05, 0) is 13.8 Å². The number of nitrogens with one attached hydrogen (secondary N) is 2. The SMILES string of the molecule is CN=C(NCc1c(OC)cc(OC)cc1OC)NCC(C)(C)N1CCOCC1.I. The Bertz CT molecular complexity index is 639. The maximum absolute atomic E-state index is 5.51. The minimum Gasteiger partial charge on any atom is -0.496 e. The summed E-state index contributed by atoms with van der Waals surface area (Å²) in [5, 5.41) is 6.77. The van der Waals surface area contributed by atoms with Gasteiger partial charge in [-0.2, -0.15) is 0 Å². The van der Waals surface area contributed by atoms with E-state index >= 15 is 0 Å². The molecule has 1 aromatic rings. The van der Waals surface area contributed by atoms with Gasteiger partial charge in [0.15, 0.2) is 5.96 Å². The predicted octanol–water partition coefficient (Wildman–Crippen LogP) is 2.11. The largest absolute Gasteiger partial charge is 0.496 e. The number of halogens is 1. The number of guanidine groups is 1. The minimum atomic E-state index is -0.00308. The molecule has 2 rings (SSSR count). The van der Waals surface area contributed by atoms with Gasteiger partial charge in [-0.3, -0.25) is 9.89 Å². The molecule has 0 saturated carbocycles. The van der Waals surface area contributed by atoms with Gasteiger partial charge in [-0.25, -0.2) is 0 Å². The molecule has 0 bridgehead atoms. The van der Waals surface area contributed by atoms with Crippen molar-refractivity contribution in [3.8, 4) is 17.2 Å². The Hall–Kier alpha value is -1.46. The molecule has 0 aromatic heterocycles. The lowest BCUT2D eigenvalue weighted by atomic mass is 10.0. The van der Waals surface area contributed by atoms with E-state index in [2.05, 4.69) is 34.4 Å². The number of hydrogen-bond acceptors (Lipinski definition) is 6. The Morgan fingerprint density at radius 1 is 1.07 bits per heavy atom. The first kappa shape index (κ1) is 25.6. The van der Waals surface area contributed by atoms with Crippen molar-refractivity contribution in [2.24, 2.45) is 4.99 Å². The Morgan fingerprint density at radius 3 is 2.14 bits per heavy atom. The van der Waals surface area contributed by atoms with E-state index in [-0.39, 0.29) is 29.5 Å². The van der Waals surface area contributed by atoms with Crippen LogP contribution in [0.25, 0.3) is 0 Å². The highest BCUT2D eigenvalue weighted by molar-refractivity contribution is 14.0. The second-order valence-electron chi connectivity index (χ2n) is 7.20. The number of methoxy groups -OCH3 is 3. The molecular weight excluding hydrogens is 487 g/mol.